The van der Waals surface area contributed by atoms with Gasteiger partial charge in [-0.05, 0) is 18.1 Å². The predicted octanol–water partition coefficient (Wildman–Crippen LogP) is 1.30. The number of hydrogen-bond acceptors (Lipinski definition) is 4. The largest absolute Gasteiger partial charge is 0.379 e. The van der Waals surface area contributed by atoms with E-state index in [0.717, 1.165) is 32.1 Å². The molecule has 0 spiro atoms. The minimum absolute atomic E-state index is 0.0873. The average Bonchev–Trinajstić information content (AvgIpc) is 3.24. The molecule has 1 N–H and O–H groups in total. The zero-order valence-electron chi connectivity index (χ0n) is 15.2. The van der Waals surface area contributed by atoms with Gasteiger partial charge in [0, 0.05) is 45.1 Å². The monoisotopic (exact) mass is 345 g/mol. The van der Waals surface area contributed by atoms with Crippen LogP contribution in [0.1, 0.15) is 24.2 Å². The van der Waals surface area contributed by atoms with Gasteiger partial charge in [-0.25, -0.2) is 0 Å². The highest BCUT2D eigenvalue weighted by Crippen LogP contribution is 2.15. The van der Waals surface area contributed by atoms with Crippen molar-refractivity contribution >= 4 is 5.91 Å². The molecule has 1 aliphatic rings. The van der Waals surface area contributed by atoms with Crippen molar-refractivity contribution in [1.82, 2.24) is 24.6 Å². The maximum absolute atomic E-state index is 12.8. The summed E-state index contributed by atoms with van der Waals surface area (Å²) in [4.78, 5) is 15.2. The van der Waals surface area contributed by atoms with Gasteiger partial charge in [0.2, 0.25) is 0 Å². The fraction of sp³-hybridized carbons (Fsp3) is 0.556. The highest BCUT2D eigenvalue weighted by Gasteiger charge is 2.25. The summed E-state index contributed by atoms with van der Waals surface area (Å²) in [5.41, 5.74) is 0.586. The number of carbonyl (C=O) groups is 1. The van der Waals surface area contributed by atoms with Crippen molar-refractivity contribution in [2.45, 2.75) is 19.9 Å². The summed E-state index contributed by atoms with van der Waals surface area (Å²) in [6.07, 6.45) is 5.46. The van der Waals surface area contributed by atoms with Crippen molar-refractivity contribution in [1.29, 1.82) is 0 Å². The fourth-order valence-corrected chi connectivity index (χ4v) is 3.36. The summed E-state index contributed by atoms with van der Waals surface area (Å²) < 4.78 is 9.07. The molecule has 136 valence electrons. The van der Waals surface area contributed by atoms with Gasteiger partial charge >= 0.3 is 0 Å². The molecule has 1 saturated heterocycles. The van der Waals surface area contributed by atoms with E-state index < -0.39 is 0 Å². The van der Waals surface area contributed by atoms with Crippen molar-refractivity contribution in [2.24, 2.45) is 13.0 Å². The zero-order chi connectivity index (χ0) is 17.8. The molecule has 3 rings (SSSR count). The van der Waals surface area contributed by atoms with Gasteiger partial charge in [0.25, 0.3) is 5.91 Å². The van der Waals surface area contributed by atoms with Crippen LogP contribution in [0.4, 0.5) is 0 Å². The second-order valence-corrected chi connectivity index (χ2v) is 6.77. The van der Waals surface area contributed by atoms with Crippen molar-refractivity contribution < 1.29 is 9.53 Å². The number of morpholine rings is 1. The van der Waals surface area contributed by atoms with Crippen LogP contribution >= 0.6 is 0 Å². The Morgan fingerprint density at radius 3 is 2.60 bits per heavy atom. The number of amides is 1. The predicted molar refractivity (Wildman–Crippen MR) is 95.9 cm³/mol. The normalized spacial score (nSPS) is 17.0. The van der Waals surface area contributed by atoms with Crippen LogP contribution in [0.2, 0.25) is 0 Å². The zero-order valence-corrected chi connectivity index (χ0v) is 15.2. The third-order valence-electron chi connectivity index (χ3n) is 4.76. The smallest absolute Gasteiger partial charge is 0.256 e. The highest BCUT2D eigenvalue weighted by atomic mass is 16.5. The number of ether oxygens (including phenoxy) is 1. The third kappa shape index (κ3) is 3.93. The van der Waals surface area contributed by atoms with Gasteiger partial charge in [-0.15, -0.1) is 0 Å². The molecule has 0 bridgehead atoms. The van der Waals surface area contributed by atoms with Crippen LogP contribution in [0.3, 0.4) is 0 Å². The first-order valence-corrected chi connectivity index (χ1v) is 8.83. The second kappa shape index (κ2) is 7.84. The SMILES string of the molecule is CC(C)[C@@H](CNC(=O)c1cnn(C)c1-n1cccc1)N1CCOCC1. The van der Waals surface area contributed by atoms with Crippen molar-refractivity contribution in [2.75, 3.05) is 32.8 Å². The first-order chi connectivity index (χ1) is 12.1. The molecule has 0 aliphatic carbocycles. The molecule has 0 unspecified atom stereocenters. The lowest BCUT2D eigenvalue weighted by Crippen LogP contribution is -2.51. The lowest BCUT2D eigenvalue weighted by atomic mass is 10.0. The molecule has 7 heteroatoms. The summed E-state index contributed by atoms with van der Waals surface area (Å²) in [5, 5.41) is 7.36. The summed E-state index contributed by atoms with van der Waals surface area (Å²) in [7, 11) is 1.84. The molecule has 7 nitrogen and oxygen atoms in total. The van der Waals surface area contributed by atoms with Gasteiger partial charge in [-0.1, -0.05) is 13.8 Å². The number of rotatable bonds is 6. The van der Waals surface area contributed by atoms with E-state index in [1.807, 2.05) is 36.1 Å². The van der Waals surface area contributed by atoms with Gasteiger partial charge in [-0.2, -0.15) is 5.10 Å². The van der Waals surface area contributed by atoms with Crippen molar-refractivity contribution in [3.63, 3.8) is 0 Å². The van der Waals surface area contributed by atoms with Crippen molar-refractivity contribution in [3.8, 4) is 5.82 Å². The fourth-order valence-electron chi connectivity index (χ4n) is 3.36. The van der Waals surface area contributed by atoms with Gasteiger partial charge < -0.3 is 14.6 Å². The number of nitrogens with zero attached hydrogens (tertiary/aromatic N) is 4. The Labute approximate surface area is 148 Å². The van der Waals surface area contributed by atoms with E-state index in [1.54, 1.807) is 10.9 Å². The average molecular weight is 345 g/mol. The number of hydrogen-bond donors (Lipinski definition) is 1. The van der Waals surface area contributed by atoms with Gasteiger partial charge in [0.1, 0.15) is 11.4 Å². The number of aromatic nitrogens is 3. The minimum Gasteiger partial charge on any atom is -0.379 e. The van der Waals surface area contributed by atoms with E-state index in [0.29, 0.717) is 24.1 Å². The lowest BCUT2D eigenvalue weighted by molar-refractivity contribution is 0.00673. The summed E-state index contributed by atoms with van der Waals surface area (Å²) in [6, 6.07) is 4.17. The summed E-state index contributed by atoms with van der Waals surface area (Å²) in [6.45, 7) is 8.37. The molecule has 1 fully saturated rings. The van der Waals surface area contributed by atoms with Crippen LogP contribution in [-0.2, 0) is 11.8 Å². The van der Waals surface area contributed by atoms with E-state index >= 15 is 0 Å². The van der Waals surface area contributed by atoms with Gasteiger partial charge in [0.05, 0.1) is 19.4 Å². The van der Waals surface area contributed by atoms with Crippen LogP contribution in [0.5, 0.6) is 0 Å². The molecule has 1 amide bonds. The van der Waals surface area contributed by atoms with Crippen molar-refractivity contribution in [3.05, 3.63) is 36.3 Å². The molecule has 0 radical (unpaired) electrons. The van der Waals surface area contributed by atoms with Crippen LogP contribution in [0.25, 0.3) is 5.82 Å². The molecule has 1 atom stereocenters. The Morgan fingerprint density at radius 1 is 1.28 bits per heavy atom. The Bertz CT molecular complexity index is 686. The van der Waals surface area contributed by atoms with E-state index in [1.165, 1.54) is 0 Å². The topological polar surface area (TPSA) is 64.3 Å². The Kier molecular flexibility index (Phi) is 5.55. The molecule has 2 aromatic heterocycles. The molecule has 0 saturated carbocycles. The molecular weight excluding hydrogens is 318 g/mol. The summed E-state index contributed by atoms with van der Waals surface area (Å²) >= 11 is 0. The maximum Gasteiger partial charge on any atom is 0.256 e. The van der Waals surface area contributed by atoms with Crippen LogP contribution in [0.15, 0.2) is 30.7 Å². The lowest BCUT2D eigenvalue weighted by Gasteiger charge is -2.36. The Hall–Kier alpha value is -2.12. The quantitative estimate of drug-likeness (QED) is 0.857. The first-order valence-electron chi connectivity index (χ1n) is 8.83. The van der Waals surface area contributed by atoms with Crippen LogP contribution in [0, 0.1) is 5.92 Å². The molecular formula is C18H27N5O2. The van der Waals surface area contributed by atoms with Crippen LogP contribution < -0.4 is 5.32 Å². The molecule has 2 aromatic rings. The Morgan fingerprint density at radius 2 is 1.96 bits per heavy atom. The van der Waals surface area contributed by atoms with Gasteiger partial charge in [-0.3, -0.25) is 14.4 Å². The molecule has 1 aliphatic heterocycles. The van der Waals surface area contributed by atoms with E-state index in [9.17, 15) is 4.79 Å². The third-order valence-corrected chi connectivity index (χ3v) is 4.76. The van der Waals surface area contributed by atoms with E-state index in [4.69, 9.17) is 4.74 Å². The first kappa shape index (κ1) is 17.7. The minimum atomic E-state index is -0.0873. The molecule has 3 heterocycles. The number of carbonyl (C=O) groups excluding carboxylic acids is 1. The number of aryl methyl sites for hydroxylation is 1. The second-order valence-electron chi connectivity index (χ2n) is 6.77. The van der Waals surface area contributed by atoms with E-state index in [2.05, 4.69) is 29.2 Å². The highest BCUT2D eigenvalue weighted by molar-refractivity contribution is 5.97. The number of nitrogens with one attached hydrogen (secondary N) is 1. The van der Waals surface area contributed by atoms with E-state index in [-0.39, 0.29) is 5.91 Å². The molecule has 25 heavy (non-hydrogen) atoms. The Balaban J connectivity index is 1.70. The van der Waals surface area contributed by atoms with Crippen LogP contribution in [-0.4, -0.2) is 64.0 Å². The standard InChI is InChI=1S/C18H27N5O2/c1-14(2)16(22-8-10-25-11-9-22)13-19-17(24)15-12-20-21(3)18(15)23-6-4-5-7-23/h4-7,12,14,16H,8-11,13H2,1-3H3,(H,19,24)/t16-/m1/s1. The maximum atomic E-state index is 12.8. The van der Waals surface area contributed by atoms with Gasteiger partial charge in [0.15, 0.2) is 0 Å². The summed E-state index contributed by atoms with van der Waals surface area (Å²) in [5.74, 6) is 1.14. The molecule has 0 aromatic carbocycles.